The Kier molecular flexibility index (Phi) is 8.07. The maximum absolute atomic E-state index is 6.06. The summed E-state index contributed by atoms with van der Waals surface area (Å²) in [7, 11) is 0. The van der Waals surface area contributed by atoms with Gasteiger partial charge in [-0.3, -0.25) is 0 Å². The van der Waals surface area contributed by atoms with Crippen molar-refractivity contribution in [1.29, 1.82) is 0 Å². The Hall–Kier alpha value is -0.0800. The molecule has 0 fully saturated rings. The molecule has 2 unspecified atom stereocenters. The fourth-order valence-electron chi connectivity index (χ4n) is 1.61. The van der Waals surface area contributed by atoms with Crippen LogP contribution < -0.4 is 5.73 Å². The summed E-state index contributed by atoms with van der Waals surface area (Å²) in [4.78, 5) is 2.52. The van der Waals surface area contributed by atoms with E-state index in [4.69, 9.17) is 5.73 Å². The molecule has 0 rings (SSSR count). The number of hydrogen-bond acceptors (Lipinski definition) is 2. The van der Waals surface area contributed by atoms with Gasteiger partial charge in [-0.2, -0.15) is 0 Å². The summed E-state index contributed by atoms with van der Waals surface area (Å²) in [5.41, 5.74) is 6.06. The van der Waals surface area contributed by atoms with E-state index >= 15 is 0 Å². The van der Waals surface area contributed by atoms with Gasteiger partial charge < -0.3 is 10.6 Å². The molecule has 2 N–H and O–H groups in total. The van der Waals surface area contributed by atoms with Crippen LogP contribution in [0.5, 0.6) is 0 Å². The Morgan fingerprint density at radius 1 is 1.13 bits per heavy atom. The van der Waals surface area contributed by atoms with E-state index in [0.717, 1.165) is 25.4 Å². The van der Waals surface area contributed by atoms with Crippen LogP contribution in [0, 0.1) is 11.8 Å². The van der Waals surface area contributed by atoms with Gasteiger partial charge in [0.1, 0.15) is 0 Å². The maximum Gasteiger partial charge on any atom is 0.00740 e. The zero-order chi connectivity index (χ0) is 11.8. The van der Waals surface area contributed by atoms with E-state index in [1.807, 2.05) is 0 Å². The van der Waals surface area contributed by atoms with E-state index in [2.05, 4.69) is 39.5 Å². The van der Waals surface area contributed by atoms with Gasteiger partial charge in [0, 0.05) is 12.6 Å². The Balaban J connectivity index is 3.79. The second-order valence-electron chi connectivity index (χ2n) is 5.10. The molecular weight excluding hydrogens is 184 g/mol. The first-order valence-corrected chi connectivity index (χ1v) is 6.49. The molecule has 0 aliphatic heterocycles. The lowest BCUT2D eigenvalue weighted by molar-refractivity contribution is 0.231. The van der Waals surface area contributed by atoms with Crippen molar-refractivity contribution < 1.29 is 0 Å². The van der Waals surface area contributed by atoms with Crippen molar-refractivity contribution in [2.24, 2.45) is 17.6 Å². The van der Waals surface area contributed by atoms with Crippen LogP contribution in [-0.2, 0) is 0 Å². The summed E-state index contributed by atoms with van der Waals surface area (Å²) < 4.78 is 0. The largest absolute Gasteiger partial charge is 0.327 e. The molecule has 0 spiro atoms. The molecule has 2 atom stereocenters. The van der Waals surface area contributed by atoms with Crippen LogP contribution in [0.25, 0.3) is 0 Å². The summed E-state index contributed by atoms with van der Waals surface area (Å²) in [6, 6.07) is 0.357. The summed E-state index contributed by atoms with van der Waals surface area (Å²) in [5.74, 6) is 1.41. The lowest BCUT2D eigenvalue weighted by atomic mass is 10.0. The second kappa shape index (κ2) is 8.12. The van der Waals surface area contributed by atoms with Crippen molar-refractivity contribution in [3.8, 4) is 0 Å². The number of nitrogens with zero attached hydrogens (tertiary/aromatic N) is 1. The van der Waals surface area contributed by atoms with Crippen LogP contribution in [0.15, 0.2) is 0 Å². The van der Waals surface area contributed by atoms with Crippen molar-refractivity contribution in [3.63, 3.8) is 0 Å². The molecule has 0 saturated heterocycles. The van der Waals surface area contributed by atoms with Crippen molar-refractivity contribution in [1.82, 2.24) is 4.90 Å². The molecule has 0 saturated carbocycles. The Morgan fingerprint density at radius 2 is 1.73 bits per heavy atom. The molecule has 2 heteroatoms. The topological polar surface area (TPSA) is 29.3 Å². The van der Waals surface area contributed by atoms with E-state index in [-0.39, 0.29) is 0 Å². The summed E-state index contributed by atoms with van der Waals surface area (Å²) in [6.45, 7) is 14.8. The summed E-state index contributed by atoms with van der Waals surface area (Å²) in [5, 5.41) is 0. The SMILES string of the molecule is CCC(C)CN(CC)CCC(N)C(C)C. The molecule has 0 aliphatic rings. The van der Waals surface area contributed by atoms with E-state index in [0.29, 0.717) is 12.0 Å². The minimum Gasteiger partial charge on any atom is -0.327 e. The predicted molar refractivity (Wildman–Crippen MR) is 69.0 cm³/mol. The van der Waals surface area contributed by atoms with Crippen molar-refractivity contribution in [2.75, 3.05) is 19.6 Å². The van der Waals surface area contributed by atoms with E-state index in [1.54, 1.807) is 0 Å². The highest BCUT2D eigenvalue weighted by atomic mass is 15.1. The minimum absolute atomic E-state index is 0.357. The monoisotopic (exact) mass is 214 g/mol. The average Bonchev–Trinajstić information content (AvgIpc) is 2.22. The third kappa shape index (κ3) is 6.91. The fraction of sp³-hybridized carbons (Fsp3) is 1.00. The van der Waals surface area contributed by atoms with Crippen molar-refractivity contribution >= 4 is 0 Å². The number of nitrogens with two attached hydrogens (primary N) is 1. The van der Waals surface area contributed by atoms with Gasteiger partial charge in [-0.05, 0) is 31.3 Å². The van der Waals surface area contributed by atoms with Crippen LogP contribution in [0.2, 0.25) is 0 Å². The van der Waals surface area contributed by atoms with Gasteiger partial charge >= 0.3 is 0 Å². The highest BCUT2D eigenvalue weighted by molar-refractivity contribution is 4.69. The second-order valence-corrected chi connectivity index (χ2v) is 5.10. The average molecular weight is 214 g/mol. The highest BCUT2D eigenvalue weighted by Gasteiger charge is 2.11. The summed E-state index contributed by atoms with van der Waals surface area (Å²) in [6.07, 6.45) is 2.40. The fourth-order valence-corrected chi connectivity index (χ4v) is 1.61. The highest BCUT2D eigenvalue weighted by Crippen LogP contribution is 2.08. The molecular formula is C13H30N2. The molecule has 0 aliphatic carbocycles. The standard InChI is InChI=1S/C13H30N2/c1-6-12(5)10-15(7-2)9-8-13(14)11(3)4/h11-13H,6-10,14H2,1-5H3. The molecule has 15 heavy (non-hydrogen) atoms. The Morgan fingerprint density at radius 3 is 2.13 bits per heavy atom. The quantitative estimate of drug-likeness (QED) is 0.673. The van der Waals surface area contributed by atoms with Gasteiger partial charge in [0.25, 0.3) is 0 Å². The van der Waals surface area contributed by atoms with Crippen molar-refractivity contribution in [2.45, 2.75) is 53.5 Å². The first-order valence-electron chi connectivity index (χ1n) is 6.49. The third-order valence-corrected chi connectivity index (χ3v) is 3.35. The smallest absolute Gasteiger partial charge is 0.00740 e. The van der Waals surface area contributed by atoms with Gasteiger partial charge in [0.2, 0.25) is 0 Å². The summed E-state index contributed by atoms with van der Waals surface area (Å²) >= 11 is 0. The van der Waals surface area contributed by atoms with Crippen LogP contribution in [-0.4, -0.2) is 30.6 Å². The third-order valence-electron chi connectivity index (χ3n) is 3.35. The molecule has 92 valence electrons. The lowest BCUT2D eigenvalue weighted by Crippen LogP contribution is -2.35. The molecule has 0 aromatic rings. The van der Waals surface area contributed by atoms with E-state index in [9.17, 15) is 0 Å². The van der Waals surface area contributed by atoms with Crippen molar-refractivity contribution in [3.05, 3.63) is 0 Å². The molecule has 2 nitrogen and oxygen atoms in total. The lowest BCUT2D eigenvalue weighted by Gasteiger charge is -2.26. The first kappa shape index (κ1) is 14.9. The first-order chi connectivity index (χ1) is 7.01. The van der Waals surface area contributed by atoms with Crippen LogP contribution in [0.3, 0.4) is 0 Å². The van der Waals surface area contributed by atoms with Gasteiger partial charge in [-0.15, -0.1) is 0 Å². The molecule has 0 bridgehead atoms. The van der Waals surface area contributed by atoms with Gasteiger partial charge in [-0.1, -0.05) is 41.0 Å². The van der Waals surface area contributed by atoms with Crippen LogP contribution in [0.4, 0.5) is 0 Å². The van der Waals surface area contributed by atoms with E-state index in [1.165, 1.54) is 13.0 Å². The van der Waals surface area contributed by atoms with Gasteiger partial charge in [0.15, 0.2) is 0 Å². The van der Waals surface area contributed by atoms with Gasteiger partial charge in [-0.25, -0.2) is 0 Å². The number of hydrogen-bond donors (Lipinski definition) is 1. The minimum atomic E-state index is 0.357. The Bertz CT molecular complexity index is 145. The normalized spacial score (nSPS) is 16.0. The van der Waals surface area contributed by atoms with Crippen LogP contribution >= 0.6 is 0 Å². The number of rotatable bonds is 8. The molecule has 0 aromatic heterocycles. The van der Waals surface area contributed by atoms with E-state index < -0.39 is 0 Å². The molecule has 0 aromatic carbocycles. The molecule has 0 amide bonds. The zero-order valence-corrected chi connectivity index (χ0v) is 11.3. The molecule has 0 heterocycles. The van der Waals surface area contributed by atoms with Crippen LogP contribution in [0.1, 0.15) is 47.5 Å². The van der Waals surface area contributed by atoms with Gasteiger partial charge in [0.05, 0.1) is 0 Å². The molecule has 0 radical (unpaired) electrons. The zero-order valence-electron chi connectivity index (χ0n) is 11.3. The predicted octanol–water partition coefficient (Wildman–Crippen LogP) is 2.73. The Labute approximate surface area is 96.2 Å². The maximum atomic E-state index is 6.06.